The summed E-state index contributed by atoms with van der Waals surface area (Å²) in [5.41, 5.74) is 0. The number of hydrogen-bond acceptors (Lipinski definition) is 4. The molecular formula is C14H16FNO5. The number of carboxylic acids is 1. The number of amides is 1. The number of nitrogens with zero attached hydrogens (tertiary/aromatic N) is 1. The fourth-order valence-corrected chi connectivity index (χ4v) is 2.31. The number of aliphatic hydroxyl groups excluding tert-OH is 1. The minimum atomic E-state index is -1.18. The van der Waals surface area contributed by atoms with E-state index < -0.39 is 35.9 Å². The molecule has 21 heavy (non-hydrogen) atoms. The SMILES string of the molecule is CC(Oc1ccccc1F)C(=O)N1C[C@H](O)C[C@@H]1C(=O)O. The van der Waals surface area contributed by atoms with Crippen molar-refractivity contribution < 1.29 is 28.9 Å². The molecule has 1 unspecified atom stereocenters. The zero-order valence-corrected chi connectivity index (χ0v) is 11.4. The number of aliphatic carboxylic acids is 1. The summed E-state index contributed by atoms with van der Waals surface area (Å²) in [6, 6.07) is 4.55. The molecule has 1 heterocycles. The van der Waals surface area contributed by atoms with Gasteiger partial charge in [0.25, 0.3) is 5.91 Å². The van der Waals surface area contributed by atoms with Gasteiger partial charge in [-0.25, -0.2) is 9.18 Å². The van der Waals surface area contributed by atoms with Crippen molar-refractivity contribution in [1.29, 1.82) is 0 Å². The predicted octanol–water partition coefficient (Wildman–Crippen LogP) is 0.639. The summed E-state index contributed by atoms with van der Waals surface area (Å²) in [5, 5.41) is 18.6. The summed E-state index contributed by atoms with van der Waals surface area (Å²) < 4.78 is 18.7. The first-order chi connectivity index (χ1) is 9.90. The molecule has 1 aliphatic rings. The maximum absolute atomic E-state index is 13.5. The van der Waals surface area contributed by atoms with Crippen molar-refractivity contribution >= 4 is 11.9 Å². The molecule has 0 bridgehead atoms. The van der Waals surface area contributed by atoms with Gasteiger partial charge in [-0.3, -0.25) is 4.79 Å². The Morgan fingerprint density at radius 2 is 2.10 bits per heavy atom. The van der Waals surface area contributed by atoms with Crippen LogP contribution in [0.2, 0.25) is 0 Å². The second kappa shape index (κ2) is 6.09. The molecule has 1 aliphatic heterocycles. The molecule has 0 radical (unpaired) electrons. The number of rotatable bonds is 4. The molecule has 3 atom stereocenters. The van der Waals surface area contributed by atoms with E-state index >= 15 is 0 Å². The second-order valence-corrected chi connectivity index (χ2v) is 4.92. The van der Waals surface area contributed by atoms with Crippen molar-refractivity contribution in [2.75, 3.05) is 6.54 Å². The molecule has 0 saturated carbocycles. The first kappa shape index (κ1) is 15.2. The summed E-state index contributed by atoms with van der Waals surface area (Å²) in [6.45, 7) is 1.35. The Balaban J connectivity index is 2.08. The summed E-state index contributed by atoms with van der Waals surface area (Å²) in [6.07, 6.45) is -1.95. The van der Waals surface area contributed by atoms with Gasteiger partial charge in [-0.2, -0.15) is 0 Å². The normalized spacial score (nSPS) is 22.9. The number of para-hydroxylation sites is 1. The standard InChI is InChI=1S/C14H16FNO5/c1-8(21-12-5-3-2-4-10(12)15)13(18)16-7-9(17)6-11(16)14(19)20/h2-5,8-9,11,17H,6-7H2,1H3,(H,19,20)/t8?,9-,11-/m1/s1. The molecule has 1 aromatic rings. The van der Waals surface area contributed by atoms with Gasteiger partial charge in [-0.1, -0.05) is 12.1 Å². The largest absolute Gasteiger partial charge is 0.480 e. The van der Waals surface area contributed by atoms with Crippen LogP contribution in [0.5, 0.6) is 5.75 Å². The van der Waals surface area contributed by atoms with Crippen LogP contribution in [0.15, 0.2) is 24.3 Å². The lowest BCUT2D eigenvalue weighted by Crippen LogP contribution is -2.46. The topological polar surface area (TPSA) is 87.1 Å². The molecule has 1 saturated heterocycles. The van der Waals surface area contributed by atoms with Crippen molar-refractivity contribution in [2.45, 2.75) is 31.6 Å². The lowest BCUT2D eigenvalue weighted by molar-refractivity contribution is -0.151. The maximum atomic E-state index is 13.5. The quantitative estimate of drug-likeness (QED) is 0.851. The van der Waals surface area contributed by atoms with E-state index in [1.165, 1.54) is 25.1 Å². The molecule has 1 fully saturated rings. The van der Waals surface area contributed by atoms with Crippen LogP contribution >= 0.6 is 0 Å². The monoisotopic (exact) mass is 297 g/mol. The fraction of sp³-hybridized carbons (Fsp3) is 0.429. The number of carboxylic acid groups (broad SMARTS) is 1. The molecule has 0 aromatic heterocycles. The third-order valence-electron chi connectivity index (χ3n) is 3.34. The molecule has 0 aliphatic carbocycles. The average Bonchev–Trinajstić information content (AvgIpc) is 2.82. The molecule has 0 spiro atoms. The highest BCUT2D eigenvalue weighted by Gasteiger charge is 2.40. The van der Waals surface area contributed by atoms with Gasteiger partial charge >= 0.3 is 5.97 Å². The number of β-amino-alcohol motifs (C(OH)–C–C–N with tert-alkyl or cyclic N) is 1. The molecule has 6 nitrogen and oxygen atoms in total. The van der Waals surface area contributed by atoms with E-state index in [2.05, 4.69) is 0 Å². The van der Waals surface area contributed by atoms with Gasteiger partial charge in [-0.05, 0) is 19.1 Å². The van der Waals surface area contributed by atoms with Crippen LogP contribution in [0.3, 0.4) is 0 Å². The molecule has 1 amide bonds. The number of hydrogen-bond donors (Lipinski definition) is 2. The van der Waals surface area contributed by atoms with Crippen molar-refractivity contribution in [3.63, 3.8) is 0 Å². The Bertz CT molecular complexity index is 550. The van der Waals surface area contributed by atoms with Crippen molar-refractivity contribution in [3.05, 3.63) is 30.1 Å². The van der Waals surface area contributed by atoms with Gasteiger partial charge in [0, 0.05) is 13.0 Å². The smallest absolute Gasteiger partial charge is 0.326 e. The Labute approximate surface area is 120 Å². The molecule has 2 N–H and O–H groups in total. The molecule has 2 rings (SSSR count). The number of likely N-dealkylation sites (tertiary alicyclic amines) is 1. The van der Waals surface area contributed by atoms with E-state index in [9.17, 15) is 19.1 Å². The summed E-state index contributed by atoms with van der Waals surface area (Å²) in [4.78, 5) is 24.4. The highest BCUT2D eigenvalue weighted by Crippen LogP contribution is 2.22. The van der Waals surface area contributed by atoms with Gasteiger partial charge in [0.1, 0.15) is 6.04 Å². The fourth-order valence-electron chi connectivity index (χ4n) is 2.31. The summed E-state index contributed by atoms with van der Waals surface area (Å²) in [7, 11) is 0. The van der Waals surface area contributed by atoms with Gasteiger partial charge in [0.15, 0.2) is 17.7 Å². The number of carbonyl (C=O) groups excluding carboxylic acids is 1. The number of aliphatic hydroxyl groups is 1. The van der Waals surface area contributed by atoms with Crippen molar-refractivity contribution in [2.24, 2.45) is 0 Å². The first-order valence-corrected chi connectivity index (χ1v) is 6.52. The summed E-state index contributed by atoms with van der Waals surface area (Å²) >= 11 is 0. The minimum Gasteiger partial charge on any atom is -0.480 e. The molecule has 114 valence electrons. The Morgan fingerprint density at radius 3 is 2.71 bits per heavy atom. The van der Waals surface area contributed by atoms with E-state index in [1.54, 1.807) is 6.07 Å². The number of carbonyl (C=O) groups is 2. The molecule has 7 heteroatoms. The third kappa shape index (κ3) is 3.30. The van der Waals surface area contributed by atoms with E-state index in [4.69, 9.17) is 9.84 Å². The van der Waals surface area contributed by atoms with Crippen LogP contribution in [0.4, 0.5) is 4.39 Å². The van der Waals surface area contributed by atoms with E-state index in [-0.39, 0.29) is 18.7 Å². The maximum Gasteiger partial charge on any atom is 0.326 e. The number of benzene rings is 1. The van der Waals surface area contributed by atoms with E-state index in [0.29, 0.717) is 0 Å². The van der Waals surface area contributed by atoms with Crippen molar-refractivity contribution in [3.8, 4) is 5.75 Å². The Kier molecular flexibility index (Phi) is 4.42. The van der Waals surface area contributed by atoms with Crippen LogP contribution in [0.1, 0.15) is 13.3 Å². The van der Waals surface area contributed by atoms with Gasteiger partial charge in [0.2, 0.25) is 0 Å². The Morgan fingerprint density at radius 1 is 1.43 bits per heavy atom. The zero-order valence-electron chi connectivity index (χ0n) is 11.4. The highest BCUT2D eigenvalue weighted by atomic mass is 19.1. The van der Waals surface area contributed by atoms with Crippen LogP contribution in [-0.4, -0.2) is 51.8 Å². The van der Waals surface area contributed by atoms with Crippen LogP contribution in [0.25, 0.3) is 0 Å². The van der Waals surface area contributed by atoms with E-state index in [0.717, 1.165) is 4.90 Å². The first-order valence-electron chi connectivity index (χ1n) is 6.52. The number of halogens is 1. The third-order valence-corrected chi connectivity index (χ3v) is 3.34. The van der Waals surface area contributed by atoms with Crippen LogP contribution in [-0.2, 0) is 9.59 Å². The van der Waals surface area contributed by atoms with Crippen molar-refractivity contribution in [1.82, 2.24) is 4.90 Å². The molecular weight excluding hydrogens is 281 g/mol. The average molecular weight is 297 g/mol. The molecule has 1 aromatic carbocycles. The second-order valence-electron chi connectivity index (χ2n) is 4.92. The van der Waals surface area contributed by atoms with E-state index in [1.807, 2.05) is 0 Å². The van der Waals surface area contributed by atoms with Gasteiger partial charge in [-0.15, -0.1) is 0 Å². The minimum absolute atomic E-state index is 0.0203. The highest BCUT2D eigenvalue weighted by molar-refractivity contribution is 5.87. The van der Waals surface area contributed by atoms with Gasteiger partial charge in [0.05, 0.1) is 6.10 Å². The van der Waals surface area contributed by atoms with Gasteiger partial charge < -0.3 is 19.8 Å². The lowest BCUT2D eigenvalue weighted by Gasteiger charge is -2.25. The van der Waals surface area contributed by atoms with Crippen LogP contribution < -0.4 is 4.74 Å². The van der Waals surface area contributed by atoms with Crippen LogP contribution in [0, 0.1) is 5.82 Å². The summed E-state index contributed by atoms with van der Waals surface area (Å²) in [5.74, 6) is -2.46. The lowest BCUT2D eigenvalue weighted by atomic mass is 10.2. The zero-order chi connectivity index (χ0) is 15.6. The predicted molar refractivity (Wildman–Crippen MR) is 70.3 cm³/mol. The number of ether oxygens (including phenoxy) is 1. The Hall–Kier alpha value is -2.15.